The van der Waals surface area contributed by atoms with Crippen LogP contribution in [0.5, 0.6) is 0 Å². The molecule has 1 aromatic rings. The van der Waals surface area contributed by atoms with Crippen LogP contribution in [0.15, 0.2) is 29.2 Å². The number of rotatable bonds is 6. The summed E-state index contributed by atoms with van der Waals surface area (Å²) in [7, 11) is -3.70. The van der Waals surface area contributed by atoms with Crippen LogP contribution in [0.2, 0.25) is 0 Å². The molecule has 26 heavy (non-hydrogen) atoms. The maximum Gasteiger partial charge on any atom is 0.243 e. The quantitative estimate of drug-likeness (QED) is 0.760. The molecule has 0 radical (unpaired) electrons. The van der Waals surface area contributed by atoms with Crippen LogP contribution in [-0.2, 0) is 14.8 Å². The average Bonchev–Trinajstić information content (AvgIpc) is 3.44. The minimum absolute atomic E-state index is 0.0771. The molecule has 1 saturated heterocycles. The highest BCUT2D eigenvalue weighted by Gasteiger charge is 2.39. The lowest BCUT2D eigenvalue weighted by Gasteiger charge is -2.35. The first-order chi connectivity index (χ1) is 12.3. The fourth-order valence-corrected chi connectivity index (χ4v) is 5.07. The van der Waals surface area contributed by atoms with Gasteiger partial charge in [0, 0.05) is 25.7 Å². The van der Waals surface area contributed by atoms with E-state index in [0.717, 1.165) is 37.9 Å². The second-order valence-corrected chi connectivity index (χ2v) is 9.71. The van der Waals surface area contributed by atoms with Crippen LogP contribution in [0.4, 0.5) is 4.39 Å². The van der Waals surface area contributed by atoms with Crippen molar-refractivity contribution in [2.24, 2.45) is 11.8 Å². The minimum atomic E-state index is -3.70. The van der Waals surface area contributed by atoms with Gasteiger partial charge in [-0.2, -0.15) is 4.31 Å². The van der Waals surface area contributed by atoms with Gasteiger partial charge in [0.2, 0.25) is 15.9 Å². The van der Waals surface area contributed by atoms with E-state index in [4.69, 9.17) is 0 Å². The SMILES string of the molecule is CC(C)CN(C(=O)C1CCCN(S(=O)(=O)c2ccc(F)cc2)C1)C1CC1. The van der Waals surface area contributed by atoms with Gasteiger partial charge in [0.15, 0.2) is 0 Å². The molecule has 1 heterocycles. The maximum absolute atomic E-state index is 13.1. The summed E-state index contributed by atoms with van der Waals surface area (Å²) in [5, 5.41) is 0. The monoisotopic (exact) mass is 382 g/mol. The van der Waals surface area contributed by atoms with Crippen LogP contribution in [0.25, 0.3) is 0 Å². The molecule has 1 atom stereocenters. The number of carbonyl (C=O) groups excluding carboxylic acids is 1. The first kappa shape index (κ1) is 19.3. The van der Waals surface area contributed by atoms with Gasteiger partial charge in [0.25, 0.3) is 0 Å². The van der Waals surface area contributed by atoms with E-state index >= 15 is 0 Å². The van der Waals surface area contributed by atoms with Gasteiger partial charge < -0.3 is 4.90 Å². The molecule has 1 aliphatic carbocycles. The van der Waals surface area contributed by atoms with Gasteiger partial charge in [-0.05, 0) is 55.9 Å². The highest BCUT2D eigenvalue weighted by Crippen LogP contribution is 2.32. The topological polar surface area (TPSA) is 57.7 Å². The molecule has 1 amide bonds. The predicted octanol–water partition coefficient (Wildman–Crippen LogP) is 2.87. The van der Waals surface area contributed by atoms with Crippen LogP contribution in [-0.4, -0.2) is 49.2 Å². The Morgan fingerprint density at radius 3 is 2.46 bits per heavy atom. The van der Waals surface area contributed by atoms with E-state index in [-0.39, 0.29) is 23.3 Å². The lowest BCUT2D eigenvalue weighted by Crippen LogP contribution is -2.48. The van der Waals surface area contributed by atoms with Crippen molar-refractivity contribution >= 4 is 15.9 Å². The molecular formula is C19H27FN2O3S. The molecular weight excluding hydrogens is 355 g/mol. The van der Waals surface area contributed by atoms with Crippen molar-refractivity contribution in [2.75, 3.05) is 19.6 Å². The third kappa shape index (κ3) is 4.26. The van der Waals surface area contributed by atoms with Crippen LogP contribution in [0, 0.1) is 17.7 Å². The van der Waals surface area contributed by atoms with E-state index in [9.17, 15) is 17.6 Å². The molecule has 1 aromatic carbocycles. The second-order valence-electron chi connectivity index (χ2n) is 7.77. The summed E-state index contributed by atoms with van der Waals surface area (Å²) in [6.07, 6.45) is 3.47. The summed E-state index contributed by atoms with van der Waals surface area (Å²) < 4.78 is 40.2. The Morgan fingerprint density at radius 1 is 1.23 bits per heavy atom. The van der Waals surface area contributed by atoms with Gasteiger partial charge >= 0.3 is 0 Å². The fourth-order valence-electron chi connectivity index (χ4n) is 3.55. The zero-order valence-electron chi connectivity index (χ0n) is 15.4. The third-order valence-electron chi connectivity index (χ3n) is 5.02. The zero-order valence-corrected chi connectivity index (χ0v) is 16.2. The van der Waals surface area contributed by atoms with Crippen LogP contribution in [0.3, 0.4) is 0 Å². The van der Waals surface area contributed by atoms with Crippen LogP contribution >= 0.6 is 0 Å². The Balaban J connectivity index is 1.74. The van der Waals surface area contributed by atoms with Gasteiger partial charge in [-0.25, -0.2) is 12.8 Å². The Labute approximate surface area is 155 Å². The number of halogens is 1. The Hall–Kier alpha value is -1.47. The molecule has 3 rings (SSSR count). The smallest absolute Gasteiger partial charge is 0.243 e. The molecule has 0 N–H and O–H groups in total. The molecule has 5 nitrogen and oxygen atoms in total. The summed E-state index contributed by atoms with van der Waals surface area (Å²) in [5.41, 5.74) is 0. The maximum atomic E-state index is 13.1. The highest BCUT2D eigenvalue weighted by molar-refractivity contribution is 7.89. The molecule has 0 spiro atoms. The first-order valence-corrected chi connectivity index (χ1v) is 10.8. The summed E-state index contributed by atoms with van der Waals surface area (Å²) >= 11 is 0. The predicted molar refractivity (Wildman–Crippen MR) is 97.5 cm³/mol. The normalized spacial score (nSPS) is 21.8. The Kier molecular flexibility index (Phi) is 5.67. The largest absolute Gasteiger partial charge is 0.339 e. The van der Waals surface area contributed by atoms with Crippen LogP contribution < -0.4 is 0 Å². The number of hydrogen-bond donors (Lipinski definition) is 0. The molecule has 2 fully saturated rings. The summed E-state index contributed by atoms with van der Waals surface area (Å²) in [6.45, 7) is 5.52. The van der Waals surface area contributed by atoms with E-state index in [2.05, 4.69) is 13.8 Å². The number of piperidine rings is 1. The van der Waals surface area contributed by atoms with Gasteiger partial charge in [0.05, 0.1) is 10.8 Å². The second kappa shape index (κ2) is 7.64. The molecule has 1 saturated carbocycles. The number of nitrogens with zero attached hydrogens (tertiary/aromatic N) is 2. The number of amides is 1. The van der Waals surface area contributed by atoms with Crippen molar-refractivity contribution in [1.82, 2.24) is 9.21 Å². The fraction of sp³-hybridized carbons (Fsp3) is 0.632. The summed E-state index contributed by atoms with van der Waals surface area (Å²) in [5.74, 6) is -0.287. The minimum Gasteiger partial charge on any atom is -0.339 e. The molecule has 1 unspecified atom stereocenters. The van der Waals surface area contributed by atoms with Crippen molar-refractivity contribution in [3.8, 4) is 0 Å². The molecule has 144 valence electrons. The van der Waals surface area contributed by atoms with E-state index in [1.54, 1.807) is 0 Å². The van der Waals surface area contributed by atoms with Crippen molar-refractivity contribution in [2.45, 2.75) is 50.5 Å². The van der Waals surface area contributed by atoms with Crippen molar-refractivity contribution in [1.29, 1.82) is 0 Å². The number of carbonyl (C=O) groups is 1. The number of benzene rings is 1. The van der Waals surface area contributed by atoms with E-state index in [1.807, 2.05) is 4.90 Å². The molecule has 0 aromatic heterocycles. The summed E-state index contributed by atoms with van der Waals surface area (Å²) in [6, 6.07) is 5.19. The molecule has 2 aliphatic rings. The van der Waals surface area contributed by atoms with Gasteiger partial charge in [-0.3, -0.25) is 4.79 Å². The molecule has 1 aliphatic heterocycles. The standard InChI is InChI=1S/C19H27FN2O3S/c1-14(2)12-22(17-7-8-17)19(23)15-4-3-11-21(13-15)26(24,25)18-9-5-16(20)6-10-18/h5-6,9-10,14-15,17H,3-4,7-8,11-13H2,1-2H3. The van der Waals surface area contributed by atoms with Crippen molar-refractivity contribution in [3.05, 3.63) is 30.1 Å². The van der Waals surface area contributed by atoms with Gasteiger partial charge in [-0.1, -0.05) is 13.8 Å². The Bertz CT molecular complexity index is 745. The lowest BCUT2D eigenvalue weighted by atomic mass is 9.97. The lowest BCUT2D eigenvalue weighted by molar-refractivity contribution is -0.137. The average molecular weight is 383 g/mol. The van der Waals surface area contributed by atoms with E-state index in [0.29, 0.717) is 24.9 Å². The summed E-state index contributed by atoms with van der Waals surface area (Å²) in [4.78, 5) is 15.1. The van der Waals surface area contributed by atoms with E-state index < -0.39 is 15.8 Å². The van der Waals surface area contributed by atoms with Crippen LogP contribution in [0.1, 0.15) is 39.5 Å². The number of hydrogen-bond acceptors (Lipinski definition) is 3. The molecule has 0 bridgehead atoms. The first-order valence-electron chi connectivity index (χ1n) is 9.35. The van der Waals surface area contributed by atoms with E-state index in [1.165, 1.54) is 16.4 Å². The Morgan fingerprint density at radius 2 is 1.88 bits per heavy atom. The molecule has 7 heteroatoms. The zero-order chi connectivity index (χ0) is 18.9. The van der Waals surface area contributed by atoms with Gasteiger partial charge in [0.1, 0.15) is 5.82 Å². The van der Waals surface area contributed by atoms with Crippen molar-refractivity contribution < 1.29 is 17.6 Å². The van der Waals surface area contributed by atoms with Crippen molar-refractivity contribution in [3.63, 3.8) is 0 Å². The number of sulfonamides is 1. The third-order valence-corrected chi connectivity index (χ3v) is 6.90. The van der Waals surface area contributed by atoms with Gasteiger partial charge in [-0.15, -0.1) is 0 Å². The highest BCUT2D eigenvalue weighted by atomic mass is 32.2.